The maximum Gasteiger partial charge on any atom is 0.310 e. The van der Waals surface area contributed by atoms with Crippen molar-refractivity contribution in [2.24, 2.45) is 5.73 Å². The molecule has 0 heterocycles. The number of ether oxygens (including phenoxy) is 1. The van der Waals surface area contributed by atoms with Crippen molar-refractivity contribution in [3.63, 3.8) is 0 Å². The molecule has 7 heteroatoms. The largest absolute Gasteiger partial charge is 0.477 e. The number of nitrogens with one attached hydrogen (secondary N) is 1. The zero-order valence-corrected chi connectivity index (χ0v) is 10.3. The fourth-order valence-electron chi connectivity index (χ4n) is 1.59. The van der Waals surface area contributed by atoms with Crippen LogP contribution in [0.3, 0.4) is 0 Å². The number of carbonyl (C=O) groups excluding carboxylic acids is 1. The molecule has 3 N–H and O–H groups in total. The van der Waals surface area contributed by atoms with Crippen LogP contribution in [-0.2, 0) is 11.3 Å². The number of nitro groups is 1. The molecule has 1 amide bonds. The number of benzene rings is 1. The monoisotopic (exact) mass is 265 g/mol. The minimum absolute atomic E-state index is 0.0684. The third-order valence-electron chi connectivity index (χ3n) is 2.76. The molecule has 7 nitrogen and oxygen atoms in total. The molecule has 1 aliphatic carbocycles. The van der Waals surface area contributed by atoms with Crippen molar-refractivity contribution in [3.05, 3.63) is 33.9 Å². The number of hydrogen-bond donors (Lipinski definition) is 2. The van der Waals surface area contributed by atoms with Gasteiger partial charge in [0.2, 0.25) is 0 Å². The summed E-state index contributed by atoms with van der Waals surface area (Å²) in [5, 5.41) is 13.6. The molecule has 0 aromatic heterocycles. The van der Waals surface area contributed by atoms with Crippen molar-refractivity contribution in [2.75, 3.05) is 6.61 Å². The molecule has 0 radical (unpaired) electrons. The Hall–Kier alpha value is -2.15. The lowest BCUT2D eigenvalue weighted by Crippen LogP contribution is -2.30. The fraction of sp³-hybridized carbons (Fsp3) is 0.417. The summed E-state index contributed by atoms with van der Waals surface area (Å²) < 4.78 is 5.22. The predicted octanol–water partition coefficient (Wildman–Crippen LogP) is 0.711. The SMILES string of the molecule is NCc1ccc([N+](=O)[O-])c(OCC(=O)NC2CC2)c1. The van der Waals surface area contributed by atoms with Crippen LogP contribution in [0, 0.1) is 10.1 Å². The molecule has 1 fully saturated rings. The van der Waals surface area contributed by atoms with E-state index < -0.39 is 4.92 Å². The Bertz CT molecular complexity index is 500. The van der Waals surface area contributed by atoms with Gasteiger partial charge < -0.3 is 15.8 Å². The zero-order valence-electron chi connectivity index (χ0n) is 10.3. The average Bonchev–Trinajstić information content (AvgIpc) is 3.19. The van der Waals surface area contributed by atoms with Crippen LogP contribution in [0.4, 0.5) is 5.69 Å². The molecule has 1 saturated carbocycles. The van der Waals surface area contributed by atoms with E-state index >= 15 is 0 Å². The van der Waals surface area contributed by atoms with Crippen molar-refractivity contribution in [3.8, 4) is 5.75 Å². The first-order valence-corrected chi connectivity index (χ1v) is 5.99. The maximum atomic E-state index is 11.5. The van der Waals surface area contributed by atoms with E-state index in [2.05, 4.69) is 5.32 Å². The number of hydrogen-bond acceptors (Lipinski definition) is 5. The molecule has 0 aliphatic heterocycles. The molecule has 0 bridgehead atoms. The van der Waals surface area contributed by atoms with Gasteiger partial charge in [-0.15, -0.1) is 0 Å². The second kappa shape index (κ2) is 5.66. The van der Waals surface area contributed by atoms with Crippen molar-refractivity contribution in [1.29, 1.82) is 0 Å². The maximum absolute atomic E-state index is 11.5. The summed E-state index contributed by atoms with van der Waals surface area (Å²) in [5.74, 6) is -0.200. The topological polar surface area (TPSA) is 107 Å². The van der Waals surface area contributed by atoms with Gasteiger partial charge in [0, 0.05) is 18.7 Å². The van der Waals surface area contributed by atoms with Gasteiger partial charge >= 0.3 is 5.69 Å². The summed E-state index contributed by atoms with van der Waals surface area (Å²) in [5.41, 5.74) is 6.01. The Morgan fingerprint density at radius 3 is 2.84 bits per heavy atom. The normalized spacial score (nSPS) is 13.9. The van der Waals surface area contributed by atoms with Crippen LogP contribution in [0.2, 0.25) is 0 Å². The van der Waals surface area contributed by atoms with Crippen molar-refractivity contribution < 1.29 is 14.5 Å². The molecule has 1 aromatic rings. The highest BCUT2D eigenvalue weighted by molar-refractivity contribution is 5.78. The number of nitrogens with two attached hydrogens (primary N) is 1. The second-order valence-corrected chi connectivity index (χ2v) is 4.39. The Labute approximate surface area is 109 Å². The van der Waals surface area contributed by atoms with Gasteiger partial charge in [-0.05, 0) is 24.5 Å². The summed E-state index contributed by atoms with van der Waals surface area (Å²) in [6.45, 7) is 0.0218. The molecule has 2 rings (SSSR count). The van der Waals surface area contributed by atoms with E-state index in [1.807, 2.05) is 0 Å². The van der Waals surface area contributed by atoms with Crippen LogP contribution in [-0.4, -0.2) is 23.5 Å². The van der Waals surface area contributed by atoms with Crippen LogP contribution in [0.15, 0.2) is 18.2 Å². The molecule has 0 atom stereocenters. The summed E-state index contributed by atoms with van der Waals surface area (Å²) >= 11 is 0. The number of carbonyl (C=O) groups is 1. The molecular weight excluding hydrogens is 250 g/mol. The van der Waals surface area contributed by atoms with Gasteiger partial charge in [-0.1, -0.05) is 6.07 Å². The van der Waals surface area contributed by atoms with E-state index in [4.69, 9.17) is 10.5 Å². The molecule has 0 unspecified atom stereocenters. The Kier molecular flexibility index (Phi) is 3.96. The Balaban J connectivity index is 2.03. The van der Waals surface area contributed by atoms with Crippen molar-refractivity contribution in [1.82, 2.24) is 5.32 Å². The lowest BCUT2D eigenvalue weighted by Gasteiger charge is -2.08. The third kappa shape index (κ3) is 3.65. The Morgan fingerprint density at radius 2 is 2.26 bits per heavy atom. The van der Waals surface area contributed by atoms with Gasteiger partial charge in [0.25, 0.3) is 5.91 Å². The first kappa shape index (κ1) is 13.3. The average molecular weight is 265 g/mol. The van der Waals surface area contributed by atoms with Crippen molar-refractivity contribution in [2.45, 2.75) is 25.4 Å². The lowest BCUT2D eigenvalue weighted by molar-refractivity contribution is -0.385. The number of rotatable bonds is 6. The van der Waals surface area contributed by atoms with Crippen molar-refractivity contribution >= 4 is 11.6 Å². The van der Waals surface area contributed by atoms with Gasteiger partial charge in [-0.3, -0.25) is 14.9 Å². The van der Waals surface area contributed by atoms with Crippen LogP contribution >= 0.6 is 0 Å². The predicted molar refractivity (Wildman–Crippen MR) is 67.6 cm³/mol. The van der Waals surface area contributed by atoms with E-state index in [0.717, 1.165) is 12.8 Å². The highest BCUT2D eigenvalue weighted by Gasteiger charge is 2.24. The molecule has 1 aliphatic rings. The second-order valence-electron chi connectivity index (χ2n) is 4.39. The van der Waals surface area contributed by atoms with Crippen LogP contribution in [0.1, 0.15) is 18.4 Å². The van der Waals surface area contributed by atoms with Gasteiger partial charge in [0.05, 0.1) is 4.92 Å². The molecule has 1 aromatic carbocycles. The minimum Gasteiger partial charge on any atom is -0.477 e. The molecule has 0 saturated heterocycles. The van der Waals surface area contributed by atoms with E-state index in [1.165, 1.54) is 12.1 Å². The first-order chi connectivity index (χ1) is 9.10. The minimum atomic E-state index is -0.547. The summed E-state index contributed by atoms with van der Waals surface area (Å²) in [4.78, 5) is 21.8. The first-order valence-electron chi connectivity index (χ1n) is 5.99. The quantitative estimate of drug-likeness (QED) is 0.581. The zero-order chi connectivity index (χ0) is 13.8. The van der Waals surface area contributed by atoms with Gasteiger partial charge in [0.1, 0.15) is 0 Å². The van der Waals surface area contributed by atoms with E-state index in [9.17, 15) is 14.9 Å². The number of amides is 1. The van der Waals surface area contributed by atoms with E-state index in [1.54, 1.807) is 6.07 Å². The standard InChI is InChI=1S/C12H15N3O4/c13-6-8-1-4-10(15(17)18)11(5-8)19-7-12(16)14-9-2-3-9/h1,4-5,9H,2-3,6-7,13H2,(H,14,16). The van der Waals surface area contributed by atoms with Gasteiger partial charge in [-0.25, -0.2) is 0 Å². The third-order valence-corrected chi connectivity index (χ3v) is 2.76. The molecule has 19 heavy (non-hydrogen) atoms. The summed E-state index contributed by atoms with van der Waals surface area (Å²) in [6.07, 6.45) is 1.96. The summed E-state index contributed by atoms with van der Waals surface area (Å²) in [6, 6.07) is 4.62. The van der Waals surface area contributed by atoms with E-state index in [-0.39, 0.29) is 36.5 Å². The van der Waals surface area contributed by atoms with Crippen LogP contribution in [0.25, 0.3) is 0 Å². The highest BCUT2D eigenvalue weighted by Crippen LogP contribution is 2.28. The van der Waals surface area contributed by atoms with Gasteiger partial charge in [0.15, 0.2) is 12.4 Å². The van der Waals surface area contributed by atoms with Gasteiger partial charge in [-0.2, -0.15) is 0 Å². The molecular formula is C12H15N3O4. The molecule has 102 valence electrons. The highest BCUT2D eigenvalue weighted by atomic mass is 16.6. The number of nitro benzene ring substituents is 1. The molecule has 0 spiro atoms. The number of nitrogens with zero attached hydrogens (tertiary/aromatic N) is 1. The van der Waals surface area contributed by atoms with E-state index in [0.29, 0.717) is 5.56 Å². The van der Waals surface area contributed by atoms with Crippen LogP contribution in [0.5, 0.6) is 5.75 Å². The summed E-state index contributed by atoms with van der Waals surface area (Å²) in [7, 11) is 0. The smallest absolute Gasteiger partial charge is 0.310 e. The van der Waals surface area contributed by atoms with Crippen LogP contribution < -0.4 is 15.8 Å². The lowest BCUT2D eigenvalue weighted by atomic mass is 10.2. The Morgan fingerprint density at radius 1 is 1.53 bits per heavy atom. The fourth-order valence-corrected chi connectivity index (χ4v) is 1.59.